The zero-order valence-electron chi connectivity index (χ0n) is 14.8. The summed E-state index contributed by atoms with van der Waals surface area (Å²) in [6, 6.07) is 19.8. The highest BCUT2D eigenvalue weighted by Gasteiger charge is 2.23. The van der Waals surface area contributed by atoms with Gasteiger partial charge in [-0.25, -0.2) is 4.68 Å². The first-order valence-electron chi connectivity index (χ1n) is 9.19. The summed E-state index contributed by atoms with van der Waals surface area (Å²) in [7, 11) is 0. The second-order valence-corrected chi connectivity index (χ2v) is 6.78. The molecule has 0 bridgehead atoms. The molecule has 1 aliphatic heterocycles. The van der Waals surface area contributed by atoms with Crippen molar-refractivity contribution in [3.8, 4) is 23.2 Å². The second kappa shape index (κ2) is 6.33. The van der Waals surface area contributed by atoms with Crippen molar-refractivity contribution >= 4 is 16.8 Å². The van der Waals surface area contributed by atoms with Crippen molar-refractivity contribution in [2.45, 2.75) is 19.3 Å². The first kappa shape index (κ1) is 15.7. The number of hydrogen-bond acceptors (Lipinski definition) is 4. The highest BCUT2D eigenvalue weighted by Crippen LogP contribution is 2.36. The van der Waals surface area contributed by atoms with Crippen LogP contribution >= 0.6 is 0 Å². The van der Waals surface area contributed by atoms with Gasteiger partial charge in [-0.2, -0.15) is 10.4 Å². The molecule has 5 nitrogen and oxygen atoms in total. The summed E-state index contributed by atoms with van der Waals surface area (Å²) in [5, 5.41) is 18.6. The van der Waals surface area contributed by atoms with E-state index < -0.39 is 0 Å². The van der Waals surface area contributed by atoms with E-state index in [4.69, 9.17) is 14.8 Å². The molecule has 1 N–H and O–H groups in total. The van der Waals surface area contributed by atoms with Crippen molar-refractivity contribution < 1.29 is 4.42 Å². The fraction of sp³-hybridized carbons (Fsp3) is 0.182. The van der Waals surface area contributed by atoms with Crippen LogP contribution in [-0.2, 0) is 6.42 Å². The summed E-state index contributed by atoms with van der Waals surface area (Å²) in [5.41, 5.74) is 4.52. The second-order valence-electron chi connectivity index (χ2n) is 6.78. The minimum absolute atomic E-state index is 0.641. The summed E-state index contributed by atoms with van der Waals surface area (Å²) in [5.74, 6) is 1.82. The maximum Gasteiger partial charge on any atom is 0.156 e. The number of aromatic nitrogens is 2. The molecule has 4 aromatic rings. The number of fused-ring (bicyclic) bond motifs is 2. The molecule has 3 heterocycles. The smallest absolute Gasteiger partial charge is 0.156 e. The van der Waals surface area contributed by atoms with Crippen LogP contribution in [0.2, 0.25) is 0 Å². The van der Waals surface area contributed by atoms with E-state index in [1.165, 1.54) is 5.56 Å². The van der Waals surface area contributed by atoms with Crippen molar-refractivity contribution in [2.24, 2.45) is 0 Å². The van der Waals surface area contributed by atoms with E-state index in [-0.39, 0.29) is 0 Å². The molecule has 0 aliphatic carbocycles. The summed E-state index contributed by atoms with van der Waals surface area (Å²) in [4.78, 5) is 0. The van der Waals surface area contributed by atoms with Gasteiger partial charge < -0.3 is 9.73 Å². The standard InChI is InChI=1S/C22H18N4O/c23-14-15-8-10-17(11-9-15)26-22-18(6-3-4-12-24-22)21(25-26)20-13-16-5-1-2-7-19(16)27-20/h1-2,5,7-11,13,24H,3-4,6,12H2. The van der Waals surface area contributed by atoms with E-state index in [0.29, 0.717) is 5.56 Å². The van der Waals surface area contributed by atoms with Gasteiger partial charge >= 0.3 is 0 Å². The number of rotatable bonds is 2. The van der Waals surface area contributed by atoms with Crippen molar-refractivity contribution in [3.63, 3.8) is 0 Å². The van der Waals surface area contributed by atoms with Crippen LogP contribution in [-0.4, -0.2) is 16.3 Å². The minimum Gasteiger partial charge on any atom is -0.454 e. The normalized spacial score (nSPS) is 13.6. The van der Waals surface area contributed by atoms with E-state index >= 15 is 0 Å². The Morgan fingerprint density at radius 2 is 1.93 bits per heavy atom. The zero-order chi connectivity index (χ0) is 18.2. The molecule has 27 heavy (non-hydrogen) atoms. The topological polar surface area (TPSA) is 66.8 Å². The Kier molecular flexibility index (Phi) is 3.68. The Morgan fingerprint density at radius 1 is 1.07 bits per heavy atom. The predicted octanol–water partition coefficient (Wildman–Crippen LogP) is 4.91. The number of para-hydroxylation sites is 1. The Hall–Kier alpha value is -3.52. The van der Waals surface area contributed by atoms with E-state index in [0.717, 1.165) is 59.7 Å². The van der Waals surface area contributed by atoms with E-state index in [1.807, 2.05) is 47.1 Å². The number of nitrogens with one attached hydrogen (secondary N) is 1. The van der Waals surface area contributed by atoms with Crippen molar-refractivity contribution in [2.75, 3.05) is 11.9 Å². The Labute approximate surface area is 156 Å². The lowest BCUT2D eigenvalue weighted by molar-refractivity contribution is 0.625. The number of benzene rings is 2. The largest absolute Gasteiger partial charge is 0.454 e. The summed E-state index contributed by atoms with van der Waals surface area (Å²) < 4.78 is 8.03. The molecule has 0 amide bonds. The number of nitrogens with zero attached hydrogens (tertiary/aromatic N) is 3. The molecule has 0 saturated carbocycles. The van der Waals surface area contributed by atoms with Crippen LogP contribution in [0, 0.1) is 11.3 Å². The molecule has 132 valence electrons. The van der Waals surface area contributed by atoms with E-state index in [1.54, 1.807) is 0 Å². The predicted molar refractivity (Wildman–Crippen MR) is 105 cm³/mol. The first-order valence-corrected chi connectivity index (χ1v) is 9.19. The molecule has 0 fully saturated rings. The molecule has 5 heteroatoms. The van der Waals surface area contributed by atoms with Crippen LogP contribution in [0.25, 0.3) is 28.1 Å². The van der Waals surface area contributed by atoms with Gasteiger partial charge in [0.05, 0.1) is 17.3 Å². The molecule has 0 spiro atoms. The molecule has 0 radical (unpaired) electrons. The van der Waals surface area contributed by atoms with Gasteiger partial charge in [-0.3, -0.25) is 0 Å². The summed E-state index contributed by atoms with van der Waals surface area (Å²) >= 11 is 0. The van der Waals surface area contributed by atoms with Gasteiger partial charge in [0.15, 0.2) is 5.76 Å². The summed E-state index contributed by atoms with van der Waals surface area (Å²) in [6.07, 6.45) is 3.21. The lowest BCUT2D eigenvalue weighted by atomic mass is 10.1. The molecule has 1 aliphatic rings. The number of anilines is 1. The summed E-state index contributed by atoms with van der Waals surface area (Å²) in [6.45, 7) is 0.925. The highest BCUT2D eigenvalue weighted by molar-refractivity contribution is 5.83. The SMILES string of the molecule is N#Cc1ccc(-n2nc(-c3cc4ccccc4o3)c3c2NCCCC3)cc1. The van der Waals surface area contributed by atoms with E-state index in [9.17, 15) is 0 Å². The number of furan rings is 1. The van der Waals surface area contributed by atoms with E-state index in [2.05, 4.69) is 23.5 Å². The molecule has 2 aromatic heterocycles. The maximum atomic E-state index is 9.05. The fourth-order valence-corrected chi connectivity index (χ4v) is 3.66. The van der Waals surface area contributed by atoms with Crippen LogP contribution in [0.1, 0.15) is 24.0 Å². The number of nitriles is 1. The third-order valence-corrected chi connectivity index (χ3v) is 5.03. The molecular weight excluding hydrogens is 336 g/mol. The molecule has 0 unspecified atom stereocenters. The van der Waals surface area contributed by atoms with Gasteiger partial charge in [-0.05, 0) is 55.7 Å². The molecular formula is C22H18N4O. The van der Waals surface area contributed by atoms with Gasteiger partial charge in [-0.1, -0.05) is 18.2 Å². The third-order valence-electron chi connectivity index (χ3n) is 5.03. The van der Waals surface area contributed by atoms with Gasteiger partial charge in [-0.15, -0.1) is 0 Å². The Morgan fingerprint density at radius 3 is 2.74 bits per heavy atom. The molecule has 0 saturated heterocycles. The van der Waals surface area contributed by atoms with Gasteiger partial charge in [0, 0.05) is 17.5 Å². The number of hydrogen-bond donors (Lipinski definition) is 1. The van der Waals surface area contributed by atoms with Crippen molar-refractivity contribution in [3.05, 3.63) is 65.7 Å². The van der Waals surface area contributed by atoms with Crippen molar-refractivity contribution in [1.82, 2.24) is 9.78 Å². The average Bonchev–Trinajstić information content (AvgIpc) is 3.21. The van der Waals surface area contributed by atoms with Gasteiger partial charge in [0.25, 0.3) is 0 Å². The monoisotopic (exact) mass is 354 g/mol. The Balaban J connectivity index is 1.69. The van der Waals surface area contributed by atoms with Gasteiger partial charge in [0.2, 0.25) is 0 Å². The Bertz CT molecular complexity index is 1130. The molecule has 2 aromatic carbocycles. The first-order chi connectivity index (χ1) is 13.3. The average molecular weight is 354 g/mol. The van der Waals surface area contributed by atoms with Crippen LogP contribution in [0.3, 0.4) is 0 Å². The fourth-order valence-electron chi connectivity index (χ4n) is 3.66. The lowest BCUT2D eigenvalue weighted by Gasteiger charge is -2.09. The zero-order valence-corrected chi connectivity index (χ0v) is 14.8. The van der Waals surface area contributed by atoms with Gasteiger partial charge in [0.1, 0.15) is 17.1 Å². The van der Waals surface area contributed by atoms with Crippen LogP contribution in [0.5, 0.6) is 0 Å². The minimum atomic E-state index is 0.641. The molecule has 5 rings (SSSR count). The highest BCUT2D eigenvalue weighted by atomic mass is 16.3. The van der Waals surface area contributed by atoms with Crippen molar-refractivity contribution in [1.29, 1.82) is 5.26 Å². The lowest BCUT2D eigenvalue weighted by Crippen LogP contribution is -2.07. The third kappa shape index (κ3) is 2.67. The van der Waals surface area contributed by atoms with Crippen LogP contribution < -0.4 is 5.32 Å². The quantitative estimate of drug-likeness (QED) is 0.556. The maximum absolute atomic E-state index is 9.05. The molecule has 0 atom stereocenters. The van der Waals surface area contributed by atoms with Crippen LogP contribution in [0.15, 0.2) is 59.0 Å². The van der Waals surface area contributed by atoms with Crippen LogP contribution in [0.4, 0.5) is 5.82 Å².